The third-order valence-corrected chi connectivity index (χ3v) is 5.49. The Morgan fingerprint density at radius 2 is 1.89 bits per heavy atom. The molecule has 2 atom stereocenters. The Kier molecular flexibility index (Phi) is 6.81. The summed E-state index contributed by atoms with van der Waals surface area (Å²) < 4.78 is 13.9. The predicted molar refractivity (Wildman–Crippen MR) is 110 cm³/mol. The predicted octanol–water partition coefficient (Wildman–Crippen LogP) is 4.40. The average molecular weight is 399 g/mol. The summed E-state index contributed by atoms with van der Waals surface area (Å²) in [7, 11) is 0. The van der Waals surface area contributed by atoms with Crippen molar-refractivity contribution < 1.29 is 9.18 Å². The first-order valence-electron chi connectivity index (χ1n) is 9.25. The van der Waals surface area contributed by atoms with Crippen LogP contribution in [0.3, 0.4) is 0 Å². The second-order valence-electron chi connectivity index (χ2n) is 6.47. The molecule has 0 saturated heterocycles. The lowest BCUT2D eigenvalue weighted by Gasteiger charge is -2.17. The fraction of sp³-hybridized carbons (Fsp3) is 0.286. The molecule has 3 rings (SSSR count). The van der Waals surface area contributed by atoms with Crippen molar-refractivity contribution in [3.8, 4) is 11.4 Å². The lowest BCUT2D eigenvalue weighted by atomic mass is 9.96. The van der Waals surface area contributed by atoms with E-state index in [1.165, 1.54) is 23.4 Å². The maximum atomic E-state index is 13.9. The number of aromatic amines is 1. The van der Waals surface area contributed by atoms with E-state index in [2.05, 4.69) is 39.6 Å². The number of nitrogens with one attached hydrogen (secondary N) is 2. The second kappa shape index (κ2) is 9.50. The quantitative estimate of drug-likeness (QED) is 0.552. The van der Waals surface area contributed by atoms with Crippen LogP contribution in [0.4, 0.5) is 4.39 Å². The van der Waals surface area contributed by atoms with E-state index in [-0.39, 0.29) is 22.9 Å². The summed E-state index contributed by atoms with van der Waals surface area (Å²) in [4.78, 5) is 16.8. The van der Waals surface area contributed by atoms with Crippen LogP contribution < -0.4 is 5.32 Å². The number of hydrogen-bond acceptors (Lipinski definition) is 4. The van der Waals surface area contributed by atoms with Gasteiger partial charge in [-0.1, -0.05) is 61.2 Å². The van der Waals surface area contributed by atoms with E-state index in [1.54, 1.807) is 18.2 Å². The largest absolute Gasteiger partial charge is 0.355 e. The van der Waals surface area contributed by atoms with Gasteiger partial charge < -0.3 is 5.32 Å². The molecule has 5 nitrogen and oxygen atoms in total. The van der Waals surface area contributed by atoms with Gasteiger partial charge in [-0.05, 0) is 31.0 Å². The molecule has 28 heavy (non-hydrogen) atoms. The Bertz CT molecular complexity index is 916. The zero-order valence-electron chi connectivity index (χ0n) is 15.9. The molecule has 0 aliphatic rings. The molecular formula is C21H23FN4OS. The Balaban J connectivity index is 1.57. The lowest BCUT2D eigenvalue weighted by molar-refractivity contribution is -0.120. The molecule has 2 aromatic carbocycles. The minimum Gasteiger partial charge on any atom is -0.355 e. The van der Waals surface area contributed by atoms with E-state index in [9.17, 15) is 9.18 Å². The van der Waals surface area contributed by atoms with E-state index in [4.69, 9.17) is 0 Å². The highest BCUT2D eigenvalue weighted by atomic mass is 32.2. The van der Waals surface area contributed by atoms with Crippen LogP contribution in [0.25, 0.3) is 11.4 Å². The molecule has 0 bridgehead atoms. The summed E-state index contributed by atoms with van der Waals surface area (Å²) in [5, 5.41) is 9.89. The lowest BCUT2D eigenvalue weighted by Crippen LogP contribution is -2.34. The number of carbonyl (C=O) groups is 1. The van der Waals surface area contributed by atoms with Crippen molar-refractivity contribution in [2.24, 2.45) is 0 Å². The molecule has 7 heteroatoms. The Morgan fingerprint density at radius 1 is 1.18 bits per heavy atom. The van der Waals surface area contributed by atoms with Crippen LogP contribution in [-0.2, 0) is 4.79 Å². The fourth-order valence-electron chi connectivity index (χ4n) is 2.88. The standard InChI is InChI=1S/C21H23FN4OS/c1-3-15(16-9-5-4-6-10-16)13-23-20(27)14(2)28-21-24-19(25-26-21)17-11-7-8-12-18(17)22/h4-12,14-15H,3,13H2,1-2H3,(H,23,27)(H,24,25,26)/t14-,15-/m0/s1. The van der Waals surface area contributed by atoms with Gasteiger partial charge in [0.05, 0.1) is 10.8 Å². The average Bonchev–Trinajstić information content (AvgIpc) is 3.17. The molecule has 1 aromatic heterocycles. The van der Waals surface area contributed by atoms with Crippen molar-refractivity contribution in [3.05, 3.63) is 66.0 Å². The molecule has 0 unspecified atom stereocenters. The maximum Gasteiger partial charge on any atom is 0.233 e. The molecule has 1 heterocycles. The van der Waals surface area contributed by atoms with E-state index in [0.29, 0.717) is 23.1 Å². The van der Waals surface area contributed by atoms with Gasteiger partial charge in [0.15, 0.2) is 5.82 Å². The molecule has 0 aliphatic carbocycles. The first-order valence-corrected chi connectivity index (χ1v) is 10.1. The van der Waals surface area contributed by atoms with Gasteiger partial charge in [0, 0.05) is 12.5 Å². The van der Waals surface area contributed by atoms with Crippen LogP contribution in [0.15, 0.2) is 59.8 Å². The van der Waals surface area contributed by atoms with Crippen LogP contribution in [-0.4, -0.2) is 32.9 Å². The number of carbonyl (C=O) groups excluding carboxylic acids is 1. The number of rotatable bonds is 8. The zero-order valence-corrected chi connectivity index (χ0v) is 16.7. The number of halogens is 1. The number of H-pyrrole nitrogens is 1. The summed E-state index contributed by atoms with van der Waals surface area (Å²) in [5.74, 6) is 0.186. The van der Waals surface area contributed by atoms with Crippen LogP contribution in [0.1, 0.15) is 31.7 Å². The number of nitrogens with zero attached hydrogens (tertiary/aromatic N) is 2. The van der Waals surface area contributed by atoms with Gasteiger partial charge in [0.2, 0.25) is 11.1 Å². The molecule has 0 saturated carbocycles. The Morgan fingerprint density at radius 3 is 2.61 bits per heavy atom. The molecule has 1 amide bonds. The monoisotopic (exact) mass is 398 g/mol. The highest BCUT2D eigenvalue weighted by Crippen LogP contribution is 2.24. The van der Waals surface area contributed by atoms with Crippen molar-refractivity contribution in [2.45, 2.75) is 36.6 Å². The summed E-state index contributed by atoms with van der Waals surface area (Å²) in [6, 6.07) is 16.5. The van der Waals surface area contributed by atoms with Crippen LogP contribution >= 0.6 is 11.8 Å². The number of hydrogen-bond donors (Lipinski definition) is 2. The molecular weight excluding hydrogens is 375 g/mol. The van der Waals surface area contributed by atoms with Crippen molar-refractivity contribution in [1.29, 1.82) is 0 Å². The molecule has 3 aromatic rings. The van der Waals surface area contributed by atoms with Gasteiger partial charge >= 0.3 is 0 Å². The van der Waals surface area contributed by atoms with Gasteiger partial charge in [-0.15, -0.1) is 5.10 Å². The summed E-state index contributed by atoms with van der Waals surface area (Å²) in [6.45, 7) is 4.50. The van der Waals surface area contributed by atoms with Crippen molar-refractivity contribution in [1.82, 2.24) is 20.5 Å². The Labute approximate surface area is 168 Å². The van der Waals surface area contributed by atoms with Crippen LogP contribution in [0.5, 0.6) is 0 Å². The number of aromatic nitrogens is 3. The van der Waals surface area contributed by atoms with Crippen molar-refractivity contribution in [3.63, 3.8) is 0 Å². The number of amides is 1. The van der Waals surface area contributed by atoms with Crippen LogP contribution in [0, 0.1) is 5.82 Å². The molecule has 0 aliphatic heterocycles. The van der Waals surface area contributed by atoms with Gasteiger partial charge in [-0.2, -0.15) is 0 Å². The summed E-state index contributed by atoms with van der Waals surface area (Å²) >= 11 is 1.24. The first kappa shape index (κ1) is 20.1. The third kappa shape index (κ3) is 4.98. The van der Waals surface area contributed by atoms with Crippen LogP contribution in [0.2, 0.25) is 0 Å². The topological polar surface area (TPSA) is 70.7 Å². The van der Waals surface area contributed by atoms with Gasteiger partial charge in [-0.25, -0.2) is 9.37 Å². The maximum absolute atomic E-state index is 13.9. The highest BCUT2D eigenvalue weighted by molar-refractivity contribution is 8.00. The zero-order chi connectivity index (χ0) is 19.9. The molecule has 146 valence electrons. The normalized spacial score (nSPS) is 13.1. The van der Waals surface area contributed by atoms with Crippen molar-refractivity contribution in [2.75, 3.05) is 6.54 Å². The minimum absolute atomic E-state index is 0.0726. The molecule has 2 N–H and O–H groups in total. The van der Waals surface area contributed by atoms with E-state index in [1.807, 2.05) is 25.1 Å². The smallest absolute Gasteiger partial charge is 0.233 e. The molecule has 0 spiro atoms. The fourth-order valence-corrected chi connectivity index (χ4v) is 3.62. The minimum atomic E-state index is -0.368. The highest BCUT2D eigenvalue weighted by Gasteiger charge is 2.19. The second-order valence-corrected chi connectivity index (χ2v) is 7.78. The SMILES string of the molecule is CC[C@@H](CNC(=O)[C@H](C)Sc1n[nH]c(-c2ccccc2F)n1)c1ccccc1. The van der Waals surface area contributed by atoms with E-state index in [0.717, 1.165) is 6.42 Å². The number of benzene rings is 2. The van der Waals surface area contributed by atoms with Crippen molar-refractivity contribution >= 4 is 17.7 Å². The Hall–Kier alpha value is -2.67. The molecule has 0 radical (unpaired) electrons. The molecule has 0 fully saturated rings. The van der Waals surface area contributed by atoms with E-state index >= 15 is 0 Å². The number of thioether (sulfide) groups is 1. The van der Waals surface area contributed by atoms with Gasteiger partial charge in [-0.3, -0.25) is 9.89 Å². The summed E-state index contributed by atoms with van der Waals surface area (Å²) in [6.07, 6.45) is 0.943. The van der Waals surface area contributed by atoms with Gasteiger partial charge in [0.1, 0.15) is 5.82 Å². The first-order chi connectivity index (χ1) is 13.6. The summed E-state index contributed by atoms with van der Waals surface area (Å²) in [5.41, 5.74) is 1.57. The third-order valence-electron chi connectivity index (χ3n) is 4.53. The van der Waals surface area contributed by atoms with E-state index < -0.39 is 0 Å². The van der Waals surface area contributed by atoms with Gasteiger partial charge in [0.25, 0.3) is 0 Å².